The Kier molecular flexibility index (Phi) is 4.30. The highest BCUT2D eigenvalue weighted by atomic mass is 32.2. The third-order valence-electron chi connectivity index (χ3n) is 1.51. The fourth-order valence-electron chi connectivity index (χ4n) is 0.897. The first-order valence-electron chi connectivity index (χ1n) is 4.18. The van der Waals surface area contributed by atoms with Crippen molar-refractivity contribution in [2.24, 2.45) is 0 Å². The van der Waals surface area contributed by atoms with Crippen LogP contribution in [0.1, 0.15) is 6.42 Å². The van der Waals surface area contributed by atoms with Crippen molar-refractivity contribution in [2.75, 3.05) is 24.1 Å². The van der Waals surface area contributed by atoms with E-state index in [9.17, 15) is 8.42 Å². The lowest BCUT2D eigenvalue weighted by atomic mass is 10.5. The summed E-state index contributed by atoms with van der Waals surface area (Å²) < 4.78 is 25.2. The molecule has 1 aromatic rings. The maximum Gasteiger partial charge on any atom is 0.234 e. The normalized spacial score (nSPS) is 11.5. The molecule has 80 valence electrons. The van der Waals surface area contributed by atoms with E-state index in [0.717, 1.165) is 0 Å². The summed E-state index contributed by atoms with van der Waals surface area (Å²) in [5, 5.41) is 5.05. The number of nitrogens with zero attached hydrogens (tertiary/aromatic N) is 1. The van der Waals surface area contributed by atoms with Gasteiger partial charge in [-0.25, -0.2) is 13.4 Å². The maximum atomic E-state index is 11.4. The zero-order valence-electron chi connectivity index (χ0n) is 7.86. The molecule has 0 aliphatic rings. The minimum Gasteiger partial charge on any atom is -0.320 e. The summed E-state index contributed by atoms with van der Waals surface area (Å²) in [4.78, 5) is 3.84. The van der Waals surface area contributed by atoms with Gasteiger partial charge in [0.25, 0.3) is 0 Å². The average Bonchev–Trinajstić information content (AvgIpc) is 2.56. The molecule has 0 saturated carbocycles. The van der Waals surface area contributed by atoms with Crippen LogP contribution in [-0.2, 0) is 10.0 Å². The lowest BCUT2D eigenvalue weighted by Gasteiger charge is -2.03. The molecule has 7 heteroatoms. The molecule has 0 aliphatic heterocycles. The molecule has 0 radical (unpaired) electrons. The van der Waals surface area contributed by atoms with Crippen molar-refractivity contribution in [1.29, 1.82) is 0 Å². The molecule has 0 spiro atoms. The van der Waals surface area contributed by atoms with E-state index in [1.165, 1.54) is 11.3 Å². The third kappa shape index (κ3) is 4.03. The highest BCUT2D eigenvalue weighted by Gasteiger charge is 2.10. The molecule has 5 nitrogen and oxygen atoms in total. The molecule has 1 rings (SSSR count). The molecule has 1 aromatic heterocycles. The van der Waals surface area contributed by atoms with Gasteiger partial charge in [0, 0.05) is 11.6 Å². The van der Waals surface area contributed by atoms with Gasteiger partial charge in [0.15, 0.2) is 5.13 Å². The second-order valence-electron chi connectivity index (χ2n) is 2.72. The quantitative estimate of drug-likeness (QED) is 0.704. The number of anilines is 1. The summed E-state index contributed by atoms with van der Waals surface area (Å²) in [6.45, 7) is 0.693. The van der Waals surface area contributed by atoms with E-state index in [1.807, 2.05) is 0 Å². The molecule has 0 saturated heterocycles. The van der Waals surface area contributed by atoms with Crippen molar-refractivity contribution in [2.45, 2.75) is 6.42 Å². The van der Waals surface area contributed by atoms with E-state index in [-0.39, 0.29) is 5.75 Å². The number of sulfonamides is 1. The molecule has 0 aliphatic carbocycles. The smallest absolute Gasteiger partial charge is 0.234 e. The molecule has 0 amide bonds. The average molecular weight is 235 g/mol. The van der Waals surface area contributed by atoms with Crippen LogP contribution in [0.25, 0.3) is 0 Å². The fraction of sp³-hybridized carbons (Fsp3) is 0.571. The first-order valence-corrected chi connectivity index (χ1v) is 6.72. The summed E-state index contributed by atoms with van der Waals surface area (Å²) in [5.74, 6) is 0.118. The van der Waals surface area contributed by atoms with Crippen LogP contribution in [0.4, 0.5) is 5.13 Å². The number of hydrogen-bond acceptors (Lipinski definition) is 5. The molecule has 0 aromatic carbocycles. The van der Waals surface area contributed by atoms with Gasteiger partial charge in [0.2, 0.25) is 10.0 Å². The Labute approximate surface area is 87.6 Å². The van der Waals surface area contributed by atoms with E-state index >= 15 is 0 Å². The number of aromatic nitrogens is 1. The number of rotatable bonds is 6. The molecule has 0 fully saturated rings. The van der Waals surface area contributed by atoms with Gasteiger partial charge in [-0.3, -0.25) is 4.72 Å². The van der Waals surface area contributed by atoms with Gasteiger partial charge >= 0.3 is 0 Å². The molecule has 14 heavy (non-hydrogen) atoms. The van der Waals surface area contributed by atoms with Crippen molar-refractivity contribution in [3.63, 3.8) is 0 Å². The first-order chi connectivity index (χ1) is 6.64. The van der Waals surface area contributed by atoms with Crippen LogP contribution in [0.2, 0.25) is 0 Å². The zero-order chi connectivity index (χ0) is 10.4. The van der Waals surface area contributed by atoms with Crippen molar-refractivity contribution >= 4 is 26.5 Å². The zero-order valence-corrected chi connectivity index (χ0v) is 9.49. The second-order valence-corrected chi connectivity index (χ2v) is 5.45. The molecule has 0 unspecified atom stereocenters. The maximum absolute atomic E-state index is 11.4. The molecule has 0 atom stereocenters. The van der Waals surface area contributed by atoms with Crippen molar-refractivity contribution in [3.05, 3.63) is 11.6 Å². The lowest BCUT2D eigenvalue weighted by Crippen LogP contribution is -2.20. The van der Waals surface area contributed by atoms with Gasteiger partial charge < -0.3 is 5.32 Å². The van der Waals surface area contributed by atoms with Gasteiger partial charge in [0.1, 0.15) is 0 Å². The highest BCUT2D eigenvalue weighted by Crippen LogP contribution is 2.12. The Bertz CT molecular complexity index is 347. The molecular weight excluding hydrogens is 222 g/mol. The molecule has 2 N–H and O–H groups in total. The van der Waals surface area contributed by atoms with Crippen LogP contribution < -0.4 is 10.0 Å². The summed E-state index contributed by atoms with van der Waals surface area (Å²) in [6.07, 6.45) is 2.16. The van der Waals surface area contributed by atoms with Gasteiger partial charge in [0.05, 0.1) is 5.75 Å². The molecule has 0 bridgehead atoms. The number of thiazole rings is 1. The monoisotopic (exact) mass is 235 g/mol. The standard InChI is InChI=1S/C7H13N3O2S2/c1-8-3-2-6-14(11,12)10-7-9-4-5-13-7/h4-5,8H,2-3,6H2,1H3,(H,9,10). The Morgan fingerprint density at radius 1 is 1.57 bits per heavy atom. The van der Waals surface area contributed by atoms with E-state index < -0.39 is 10.0 Å². The Morgan fingerprint density at radius 3 is 2.93 bits per heavy atom. The van der Waals surface area contributed by atoms with Crippen LogP contribution >= 0.6 is 11.3 Å². The number of hydrogen-bond donors (Lipinski definition) is 2. The fourth-order valence-corrected chi connectivity index (χ4v) is 2.79. The van der Waals surface area contributed by atoms with Crippen LogP contribution in [0.5, 0.6) is 0 Å². The van der Waals surface area contributed by atoms with Crippen LogP contribution in [0.15, 0.2) is 11.6 Å². The molecule has 1 heterocycles. The summed E-state index contributed by atoms with van der Waals surface area (Å²) >= 11 is 1.27. The highest BCUT2D eigenvalue weighted by molar-refractivity contribution is 7.92. The van der Waals surface area contributed by atoms with Crippen molar-refractivity contribution in [3.8, 4) is 0 Å². The van der Waals surface area contributed by atoms with Gasteiger partial charge in [-0.05, 0) is 20.0 Å². The van der Waals surface area contributed by atoms with Crippen LogP contribution in [-0.4, -0.2) is 32.7 Å². The lowest BCUT2D eigenvalue weighted by molar-refractivity contribution is 0.597. The topological polar surface area (TPSA) is 71.1 Å². The van der Waals surface area contributed by atoms with E-state index in [4.69, 9.17) is 0 Å². The first kappa shape index (κ1) is 11.4. The second kappa shape index (κ2) is 5.28. The van der Waals surface area contributed by atoms with Gasteiger partial charge in [-0.2, -0.15) is 0 Å². The van der Waals surface area contributed by atoms with Crippen LogP contribution in [0.3, 0.4) is 0 Å². The summed E-state index contributed by atoms with van der Waals surface area (Å²) in [6, 6.07) is 0. The van der Waals surface area contributed by atoms with E-state index in [2.05, 4.69) is 15.0 Å². The van der Waals surface area contributed by atoms with Gasteiger partial charge in [-0.1, -0.05) is 0 Å². The SMILES string of the molecule is CNCCCS(=O)(=O)Nc1nccs1. The minimum atomic E-state index is -3.22. The van der Waals surface area contributed by atoms with E-state index in [1.54, 1.807) is 18.6 Å². The predicted molar refractivity (Wildman–Crippen MR) is 58.1 cm³/mol. The van der Waals surface area contributed by atoms with E-state index in [0.29, 0.717) is 18.1 Å². The van der Waals surface area contributed by atoms with Gasteiger partial charge in [-0.15, -0.1) is 11.3 Å². The van der Waals surface area contributed by atoms with Crippen molar-refractivity contribution in [1.82, 2.24) is 10.3 Å². The summed E-state index contributed by atoms with van der Waals surface area (Å²) in [5.41, 5.74) is 0. The Balaban J connectivity index is 2.42. The third-order valence-corrected chi connectivity index (χ3v) is 3.66. The Morgan fingerprint density at radius 2 is 2.36 bits per heavy atom. The van der Waals surface area contributed by atoms with Crippen molar-refractivity contribution < 1.29 is 8.42 Å². The number of nitrogens with one attached hydrogen (secondary N) is 2. The largest absolute Gasteiger partial charge is 0.320 e. The molecular formula is C7H13N3O2S2. The summed E-state index contributed by atoms with van der Waals surface area (Å²) in [7, 11) is -1.43. The minimum absolute atomic E-state index is 0.118. The predicted octanol–water partition coefficient (Wildman–Crippen LogP) is 0.494. The Hall–Kier alpha value is -0.660. The van der Waals surface area contributed by atoms with Crippen LogP contribution in [0, 0.1) is 0 Å².